The Morgan fingerprint density at radius 3 is 2.47 bits per heavy atom. The number of nitrogens with one attached hydrogen (secondary N) is 1. The second-order valence-electron chi connectivity index (χ2n) is 11.0. The third-order valence-electron chi connectivity index (χ3n) is 8.31. The topological polar surface area (TPSA) is 85.2 Å². The van der Waals surface area contributed by atoms with Crippen LogP contribution < -0.4 is 15.1 Å². The second-order valence-corrected chi connectivity index (χ2v) is 12.1. The third kappa shape index (κ3) is 6.10. The van der Waals surface area contributed by atoms with E-state index in [0.29, 0.717) is 18.5 Å². The molecule has 1 saturated heterocycles. The van der Waals surface area contributed by atoms with Crippen LogP contribution in [0.5, 0.6) is 0 Å². The van der Waals surface area contributed by atoms with E-state index in [1.54, 1.807) is 0 Å². The number of aryl methyl sites for hydroxylation is 1. The number of rotatable bonds is 5. The van der Waals surface area contributed by atoms with E-state index in [1.807, 2.05) is 68.4 Å². The monoisotopic (exact) mass is 612 g/mol. The van der Waals surface area contributed by atoms with Crippen molar-refractivity contribution in [2.75, 3.05) is 36.0 Å². The first-order valence-corrected chi connectivity index (χ1v) is 16.3. The normalized spacial score (nSPS) is 14.0. The molecule has 2 aromatic heterocycles. The van der Waals surface area contributed by atoms with Crippen molar-refractivity contribution in [3.05, 3.63) is 118 Å². The Morgan fingerprint density at radius 1 is 0.933 bits per heavy atom. The number of nitriles is 1. The van der Waals surface area contributed by atoms with Crippen LogP contribution in [-0.2, 0) is 13.0 Å². The molecule has 1 N–H and O–H groups in total. The molecule has 7 nitrogen and oxygen atoms in total. The molecule has 0 spiro atoms. The molecular weight excluding hydrogens is 577 g/mol. The molecule has 0 bridgehead atoms. The zero-order valence-electron chi connectivity index (χ0n) is 25.9. The molecule has 5 aromatic rings. The molecule has 0 radical (unpaired) electrons. The number of nitrogens with zero attached hydrogens (tertiary/aromatic N) is 5. The first-order valence-electron chi connectivity index (χ1n) is 15.5. The molecule has 0 aliphatic carbocycles. The van der Waals surface area contributed by atoms with Gasteiger partial charge in [-0.05, 0) is 76.7 Å². The molecule has 3 aromatic carbocycles. The van der Waals surface area contributed by atoms with Gasteiger partial charge in [0.2, 0.25) is 0 Å². The number of thiophene rings is 1. The zero-order valence-corrected chi connectivity index (χ0v) is 26.7. The van der Waals surface area contributed by atoms with Gasteiger partial charge >= 0.3 is 0 Å². The summed E-state index contributed by atoms with van der Waals surface area (Å²) in [6.07, 6.45) is 5.83. The molecule has 1 amide bonds. The van der Waals surface area contributed by atoms with Crippen LogP contribution in [-0.4, -0.2) is 42.1 Å². The SMILES string of the molecule is CC.Cc1cc(-c2cc3c(s2)C(=O)N(Cc2ccccc2-c2cncnc2)c2ccc(N4CCNCC4)cc2C3)ccc1C#N. The zero-order chi connectivity index (χ0) is 31.3. The number of carbonyl (C=O) groups excluding carboxylic acids is 1. The molecule has 8 heteroatoms. The van der Waals surface area contributed by atoms with Gasteiger partial charge in [-0.2, -0.15) is 5.26 Å². The fourth-order valence-electron chi connectivity index (χ4n) is 6.06. The van der Waals surface area contributed by atoms with Gasteiger partial charge in [0.1, 0.15) is 6.33 Å². The summed E-state index contributed by atoms with van der Waals surface area (Å²) >= 11 is 1.54. The number of carbonyl (C=O) groups is 1. The number of benzene rings is 3. The molecule has 7 rings (SSSR count). The van der Waals surface area contributed by atoms with E-state index in [4.69, 9.17) is 0 Å². The highest BCUT2D eigenvalue weighted by molar-refractivity contribution is 7.17. The van der Waals surface area contributed by atoms with Gasteiger partial charge in [-0.1, -0.05) is 44.2 Å². The number of piperazine rings is 1. The molecule has 0 saturated carbocycles. The molecule has 4 heterocycles. The molecule has 0 atom stereocenters. The van der Waals surface area contributed by atoms with E-state index in [2.05, 4.69) is 62.7 Å². The van der Waals surface area contributed by atoms with Crippen LogP contribution >= 0.6 is 11.3 Å². The average molecular weight is 613 g/mol. The molecule has 226 valence electrons. The molecule has 0 unspecified atom stereocenters. The lowest BCUT2D eigenvalue weighted by atomic mass is 10.0. The summed E-state index contributed by atoms with van der Waals surface area (Å²) in [7, 11) is 0. The fourth-order valence-corrected chi connectivity index (χ4v) is 7.19. The van der Waals surface area contributed by atoms with Gasteiger partial charge in [0.05, 0.1) is 23.1 Å². The van der Waals surface area contributed by atoms with Crippen LogP contribution in [0.4, 0.5) is 11.4 Å². The summed E-state index contributed by atoms with van der Waals surface area (Å²) in [5.41, 5.74) is 9.92. The molecule has 45 heavy (non-hydrogen) atoms. The lowest BCUT2D eigenvalue weighted by molar-refractivity contribution is 0.0989. The van der Waals surface area contributed by atoms with Gasteiger partial charge in [0.25, 0.3) is 5.91 Å². The number of aromatic nitrogens is 2. The van der Waals surface area contributed by atoms with Crippen molar-refractivity contribution in [3.8, 4) is 27.6 Å². The standard InChI is InChI=1S/C35H30N6OS.C2H6/c1-23-14-24(6-7-25(23)18-36)33-17-28-15-27-16-30(40-12-10-37-11-13-40)8-9-32(27)41(35(42)34(28)43-33)21-26-4-2-3-5-31(26)29-19-38-22-39-20-29;1-2/h2-9,14,16-17,19-20,22,37H,10-13,15,21H2,1H3;1-2H3. The Balaban J connectivity index is 0.00000175. The van der Waals surface area contributed by atoms with Crippen molar-refractivity contribution in [1.82, 2.24) is 15.3 Å². The average Bonchev–Trinajstić information content (AvgIpc) is 3.48. The van der Waals surface area contributed by atoms with E-state index in [9.17, 15) is 10.1 Å². The Morgan fingerprint density at radius 2 is 1.71 bits per heavy atom. The lowest BCUT2D eigenvalue weighted by Crippen LogP contribution is -2.43. The van der Waals surface area contributed by atoms with Crippen molar-refractivity contribution < 1.29 is 4.79 Å². The van der Waals surface area contributed by atoms with Gasteiger partial charge in [0.15, 0.2) is 0 Å². The first kappa shape index (κ1) is 30.2. The summed E-state index contributed by atoms with van der Waals surface area (Å²) in [6.45, 7) is 10.2. The van der Waals surface area contributed by atoms with Gasteiger partial charge in [-0.25, -0.2) is 9.97 Å². The van der Waals surface area contributed by atoms with Crippen LogP contribution in [0.2, 0.25) is 0 Å². The summed E-state index contributed by atoms with van der Waals surface area (Å²) in [5, 5.41) is 12.9. The Bertz CT molecular complexity index is 1870. The second kappa shape index (κ2) is 13.4. The van der Waals surface area contributed by atoms with Crippen molar-refractivity contribution in [2.24, 2.45) is 0 Å². The van der Waals surface area contributed by atoms with E-state index >= 15 is 0 Å². The maximum Gasteiger partial charge on any atom is 0.268 e. The summed E-state index contributed by atoms with van der Waals surface area (Å²) in [6, 6.07) is 25.0. The van der Waals surface area contributed by atoms with Crippen LogP contribution in [0.1, 0.15) is 51.3 Å². The maximum absolute atomic E-state index is 14.5. The number of fused-ring (bicyclic) bond motifs is 2. The quantitative estimate of drug-likeness (QED) is 0.225. The van der Waals surface area contributed by atoms with Gasteiger partial charge in [-0.3, -0.25) is 4.79 Å². The Labute approximate surface area is 268 Å². The number of hydrogen-bond acceptors (Lipinski definition) is 7. The number of amides is 1. The highest BCUT2D eigenvalue weighted by atomic mass is 32.1. The first-order chi connectivity index (χ1) is 22.1. The van der Waals surface area contributed by atoms with E-state index in [1.165, 1.54) is 23.4 Å². The number of anilines is 2. The Kier molecular flexibility index (Phi) is 9.01. The van der Waals surface area contributed by atoms with Gasteiger partial charge in [-0.15, -0.1) is 11.3 Å². The minimum Gasteiger partial charge on any atom is -0.369 e. The predicted molar refractivity (Wildman–Crippen MR) is 183 cm³/mol. The van der Waals surface area contributed by atoms with Gasteiger partial charge < -0.3 is 15.1 Å². The van der Waals surface area contributed by atoms with Crippen LogP contribution in [0.15, 0.2) is 85.5 Å². The van der Waals surface area contributed by atoms with Crippen molar-refractivity contribution in [3.63, 3.8) is 0 Å². The maximum atomic E-state index is 14.5. The minimum atomic E-state index is 0.00408. The molecule has 2 aliphatic rings. The fraction of sp³-hybridized carbons (Fsp3) is 0.243. The highest BCUT2D eigenvalue weighted by Gasteiger charge is 2.30. The molecule has 2 aliphatic heterocycles. The summed E-state index contributed by atoms with van der Waals surface area (Å²) in [4.78, 5) is 29.1. The van der Waals surface area contributed by atoms with Crippen molar-refractivity contribution >= 4 is 28.6 Å². The smallest absolute Gasteiger partial charge is 0.268 e. The Hall–Kier alpha value is -4.84. The van der Waals surface area contributed by atoms with Crippen LogP contribution in [0, 0.1) is 18.3 Å². The van der Waals surface area contributed by atoms with Crippen LogP contribution in [0.25, 0.3) is 21.6 Å². The van der Waals surface area contributed by atoms with Crippen molar-refractivity contribution in [1.29, 1.82) is 5.26 Å². The van der Waals surface area contributed by atoms with E-state index < -0.39 is 0 Å². The minimum absolute atomic E-state index is 0.00408. The summed E-state index contributed by atoms with van der Waals surface area (Å²) in [5.74, 6) is 0.00408. The third-order valence-corrected chi connectivity index (χ3v) is 9.53. The highest BCUT2D eigenvalue weighted by Crippen LogP contribution is 2.41. The number of hydrogen-bond donors (Lipinski definition) is 1. The molecule has 1 fully saturated rings. The van der Waals surface area contributed by atoms with Crippen LogP contribution in [0.3, 0.4) is 0 Å². The summed E-state index contributed by atoms with van der Waals surface area (Å²) < 4.78 is 0. The molecular formula is C37H36N6OS. The van der Waals surface area contributed by atoms with E-state index in [0.717, 1.165) is 80.6 Å². The predicted octanol–water partition coefficient (Wildman–Crippen LogP) is 7.24. The van der Waals surface area contributed by atoms with Crippen molar-refractivity contribution in [2.45, 2.75) is 33.7 Å². The largest absolute Gasteiger partial charge is 0.369 e. The lowest BCUT2D eigenvalue weighted by Gasteiger charge is -2.31. The van der Waals surface area contributed by atoms with E-state index in [-0.39, 0.29) is 5.91 Å². The van der Waals surface area contributed by atoms with Gasteiger partial charge in [0, 0.05) is 66.8 Å².